The van der Waals surface area contributed by atoms with Crippen LogP contribution in [0.5, 0.6) is 5.75 Å². The number of nitrogens with zero attached hydrogens (tertiary/aromatic N) is 1. The van der Waals surface area contributed by atoms with Gasteiger partial charge in [0.1, 0.15) is 11.6 Å². The summed E-state index contributed by atoms with van der Waals surface area (Å²) in [5, 5.41) is 0. The fourth-order valence-electron chi connectivity index (χ4n) is 2.22. The summed E-state index contributed by atoms with van der Waals surface area (Å²) in [6.07, 6.45) is 2.17. The second-order valence-corrected chi connectivity index (χ2v) is 5.86. The van der Waals surface area contributed by atoms with Crippen LogP contribution < -0.4 is 4.74 Å². The molecule has 0 spiro atoms. The fraction of sp³-hybridized carbons (Fsp3) is 0.235. The number of para-hydroxylation sites is 2. The van der Waals surface area contributed by atoms with Gasteiger partial charge in [0.05, 0.1) is 23.2 Å². The zero-order valence-electron chi connectivity index (χ0n) is 11.9. The number of H-pyrrole nitrogens is 1. The van der Waals surface area contributed by atoms with Crippen LogP contribution in [0.3, 0.4) is 0 Å². The summed E-state index contributed by atoms with van der Waals surface area (Å²) in [6.45, 7) is 2.89. The molecule has 3 aromatic rings. The highest BCUT2D eigenvalue weighted by Crippen LogP contribution is 2.32. The Balaban J connectivity index is 2.00. The molecule has 0 aliphatic rings. The van der Waals surface area contributed by atoms with Crippen molar-refractivity contribution in [1.29, 1.82) is 0 Å². The van der Waals surface area contributed by atoms with Gasteiger partial charge in [-0.1, -0.05) is 41.4 Å². The topological polar surface area (TPSA) is 37.9 Å². The number of benzene rings is 2. The van der Waals surface area contributed by atoms with E-state index in [1.165, 1.54) is 0 Å². The van der Waals surface area contributed by atoms with Gasteiger partial charge >= 0.3 is 0 Å². The molecule has 4 heteroatoms. The summed E-state index contributed by atoms with van der Waals surface area (Å²) >= 11 is 3.52. The lowest BCUT2D eigenvalue weighted by molar-refractivity contribution is 0.310. The molecule has 0 radical (unpaired) electrons. The Morgan fingerprint density at radius 3 is 2.86 bits per heavy atom. The Hall–Kier alpha value is -1.81. The molecule has 0 fully saturated rings. The lowest BCUT2D eigenvalue weighted by atomic mass is 10.2. The number of ether oxygens (including phenoxy) is 1. The molecule has 3 nitrogen and oxygen atoms in total. The van der Waals surface area contributed by atoms with Gasteiger partial charge in [-0.15, -0.1) is 0 Å². The van der Waals surface area contributed by atoms with Crippen molar-refractivity contribution in [3.63, 3.8) is 0 Å². The third-order valence-electron chi connectivity index (χ3n) is 3.34. The Morgan fingerprint density at radius 2 is 2.05 bits per heavy atom. The average molecular weight is 345 g/mol. The van der Waals surface area contributed by atoms with E-state index in [4.69, 9.17) is 4.74 Å². The molecule has 1 N–H and O–H groups in total. The number of fused-ring (bicyclic) bond motifs is 1. The molecule has 0 amide bonds. The van der Waals surface area contributed by atoms with E-state index in [1.54, 1.807) is 0 Å². The molecule has 3 rings (SSSR count). The Kier molecular flexibility index (Phi) is 4.25. The number of rotatable bonds is 5. The Bertz CT molecular complexity index is 718. The molecule has 1 aromatic heterocycles. The normalized spacial score (nSPS) is 11.0. The van der Waals surface area contributed by atoms with E-state index in [-0.39, 0.29) is 0 Å². The quantitative estimate of drug-likeness (QED) is 0.648. The van der Waals surface area contributed by atoms with E-state index in [9.17, 15) is 0 Å². The summed E-state index contributed by atoms with van der Waals surface area (Å²) < 4.78 is 6.92. The summed E-state index contributed by atoms with van der Waals surface area (Å²) in [6, 6.07) is 14.1. The molecule has 0 saturated heterocycles. The van der Waals surface area contributed by atoms with Crippen molar-refractivity contribution in [2.45, 2.75) is 19.8 Å². The maximum absolute atomic E-state index is 5.90. The number of halogens is 1. The third-order valence-corrected chi connectivity index (χ3v) is 3.83. The van der Waals surface area contributed by atoms with E-state index in [2.05, 4.69) is 32.8 Å². The molecule has 1 heterocycles. The van der Waals surface area contributed by atoms with Crippen LogP contribution >= 0.6 is 15.9 Å². The van der Waals surface area contributed by atoms with Crippen LogP contribution in [-0.4, -0.2) is 16.6 Å². The van der Waals surface area contributed by atoms with Gasteiger partial charge in [-0.25, -0.2) is 4.98 Å². The predicted molar refractivity (Wildman–Crippen MR) is 89.6 cm³/mol. The second kappa shape index (κ2) is 6.31. The van der Waals surface area contributed by atoms with Crippen molar-refractivity contribution >= 4 is 27.0 Å². The van der Waals surface area contributed by atoms with Crippen molar-refractivity contribution in [2.24, 2.45) is 0 Å². The minimum atomic E-state index is 0.728. The second-order valence-electron chi connectivity index (χ2n) is 4.95. The summed E-state index contributed by atoms with van der Waals surface area (Å²) in [4.78, 5) is 8.01. The van der Waals surface area contributed by atoms with E-state index >= 15 is 0 Å². The van der Waals surface area contributed by atoms with Gasteiger partial charge < -0.3 is 9.72 Å². The largest absolute Gasteiger partial charge is 0.493 e. The first-order chi connectivity index (χ1) is 10.3. The SMILES string of the molecule is CCCCOc1ccc(Br)cc1-c1nc2ccccc2[nH]1. The smallest absolute Gasteiger partial charge is 0.142 e. The first kappa shape index (κ1) is 14.1. The van der Waals surface area contributed by atoms with E-state index in [1.807, 2.05) is 42.5 Å². The molecule has 0 bridgehead atoms. The maximum atomic E-state index is 5.90. The fourth-order valence-corrected chi connectivity index (χ4v) is 2.58. The van der Waals surface area contributed by atoms with Crippen LogP contribution in [0.1, 0.15) is 19.8 Å². The highest BCUT2D eigenvalue weighted by molar-refractivity contribution is 9.10. The number of nitrogens with one attached hydrogen (secondary N) is 1. The minimum Gasteiger partial charge on any atom is -0.493 e. The van der Waals surface area contributed by atoms with Gasteiger partial charge in [0.15, 0.2) is 0 Å². The average Bonchev–Trinajstić information content (AvgIpc) is 2.92. The first-order valence-corrected chi connectivity index (χ1v) is 7.94. The molecule has 0 saturated carbocycles. The Labute approximate surface area is 132 Å². The molecule has 108 valence electrons. The van der Waals surface area contributed by atoms with Crippen molar-refractivity contribution in [1.82, 2.24) is 9.97 Å². The third kappa shape index (κ3) is 3.10. The highest BCUT2D eigenvalue weighted by Gasteiger charge is 2.11. The van der Waals surface area contributed by atoms with Crippen molar-refractivity contribution in [3.05, 3.63) is 46.9 Å². The van der Waals surface area contributed by atoms with E-state index in [0.29, 0.717) is 0 Å². The highest BCUT2D eigenvalue weighted by atomic mass is 79.9. The van der Waals surface area contributed by atoms with Crippen LogP contribution in [0.4, 0.5) is 0 Å². The summed E-state index contributed by atoms with van der Waals surface area (Å²) in [7, 11) is 0. The van der Waals surface area contributed by atoms with Crippen LogP contribution in [0.15, 0.2) is 46.9 Å². The number of hydrogen-bond acceptors (Lipinski definition) is 2. The monoisotopic (exact) mass is 344 g/mol. The first-order valence-electron chi connectivity index (χ1n) is 7.15. The molecular formula is C17H17BrN2O. The predicted octanol–water partition coefficient (Wildman–Crippen LogP) is 5.17. The van der Waals surface area contributed by atoms with Crippen LogP contribution in [0.2, 0.25) is 0 Å². The van der Waals surface area contributed by atoms with Crippen LogP contribution in [0.25, 0.3) is 22.4 Å². The number of aromatic nitrogens is 2. The van der Waals surface area contributed by atoms with Crippen LogP contribution in [0, 0.1) is 0 Å². The zero-order valence-corrected chi connectivity index (χ0v) is 13.5. The number of imidazole rings is 1. The van der Waals surface area contributed by atoms with Crippen molar-refractivity contribution in [3.8, 4) is 17.1 Å². The number of hydrogen-bond donors (Lipinski definition) is 1. The van der Waals surface area contributed by atoms with Crippen molar-refractivity contribution < 1.29 is 4.74 Å². The lowest BCUT2D eigenvalue weighted by Gasteiger charge is -2.10. The van der Waals surface area contributed by atoms with Gasteiger partial charge in [-0.3, -0.25) is 0 Å². The van der Waals surface area contributed by atoms with Gasteiger partial charge in [0.2, 0.25) is 0 Å². The number of aromatic amines is 1. The Morgan fingerprint density at radius 1 is 1.19 bits per heavy atom. The minimum absolute atomic E-state index is 0.728. The lowest BCUT2D eigenvalue weighted by Crippen LogP contribution is -1.98. The van der Waals surface area contributed by atoms with Gasteiger partial charge in [-0.05, 0) is 36.8 Å². The van der Waals surface area contributed by atoms with Gasteiger partial charge in [0.25, 0.3) is 0 Å². The molecular weight excluding hydrogens is 328 g/mol. The van der Waals surface area contributed by atoms with Crippen LogP contribution in [-0.2, 0) is 0 Å². The maximum Gasteiger partial charge on any atom is 0.142 e. The molecule has 21 heavy (non-hydrogen) atoms. The molecule has 0 aliphatic carbocycles. The van der Waals surface area contributed by atoms with Crippen molar-refractivity contribution in [2.75, 3.05) is 6.61 Å². The van der Waals surface area contributed by atoms with E-state index in [0.717, 1.165) is 52.1 Å². The molecule has 2 aromatic carbocycles. The zero-order chi connectivity index (χ0) is 14.7. The molecule has 0 atom stereocenters. The standard InChI is InChI=1S/C17H17BrN2O/c1-2-3-10-21-16-9-8-12(18)11-13(16)17-19-14-6-4-5-7-15(14)20-17/h4-9,11H,2-3,10H2,1H3,(H,19,20). The molecule has 0 aliphatic heterocycles. The summed E-state index contributed by atoms with van der Waals surface area (Å²) in [5.74, 6) is 1.70. The number of unbranched alkanes of at least 4 members (excludes halogenated alkanes) is 1. The molecule has 0 unspecified atom stereocenters. The van der Waals surface area contributed by atoms with E-state index < -0.39 is 0 Å². The van der Waals surface area contributed by atoms with Gasteiger partial charge in [-0.2, -0.15) is 0 Å². The van der Waals surface area contributed by atoms with Gasteiger partial charge in [0, 0.05) is 4.47 Å². The summed E-state index contributed by atoms with van der Waals surface area (Å²) in [5.41, 5.74) is 2.98.